The molecule has 3 aromatic rings. The van der Waals surface area contributed by atoms with E-state index in [1.54, 1.807) is 12.3 Å². The van der Waals surface area contributed by atoms with Crippen LogP contribution in [0.2, 0.25) is 0 Å². The van der Waals surface area contributed by atoms with Gasteiger partial charge in [-0.3, -0.25) is 9.69 Å². The summed E-state index contributed by atoms with van der Waals surface area (Å²) in [5.74, 6) is 0.790. The number of nitrogens with zero attached hydrogens (tertiary/aromatic N) is 1. The fourth-order valence-electron chi connectivity index (χ4n) is 3.52. The van der Waals surface area contributed by atoms with Crippen molar-refractivity contribution in [3.05, 3.63) is 64.5 Å². The molecule has 1 aliphatic rings. The summed E-state index contributed by atoms with van der Waals surface area (Å²) >= 11 is 0. The fraction of sp³-hybridized carbons (Fsp3) is 0.348. The highest BCUT2D eigenvalue weighted by atomic mass is 16.5. The van der Waals surface area contributed by atoms with Crippen molar-refractivity contribution < 1.29 is 13.9 Å². The van der Waals surface area contributed by atoms with E-state index in [4.69, 9.17) is 13.9 Å². The maximum atomic E-state index is 13.0. The lowest BCUT2D eigenvalue weighted by Gasteiger charge is -2.29. The molecule has 28 heavy (non-hydrogen) atoms. The Morgan fingerprint density at radius 1 is 1.14 bits per heavy atom. The van der Waals surface area contributed by atoms with Gasteiger partial charge in [-0.25, -0.2) is 0 Å². The van der Waals surface area contributed by atoms with Crippen molar-refractivity contribution in [2.24, 2.45) is 0 Å². The Morgan fingerprint density at radius 3 is 2.75 bits per heavy atom. The number of fused-ring (bicyclic) bond motifs is 3. The lowest BCUT2D eigenvalue weighted by Crippen LogP contribution is -2.33. The third kappa shape index (κ3) is 3.81. The van der Waals surface area contributed by atoms with Crippen LogP contribution >= 0.6 is 0 Å². The molecule has 0 amide bonds. The summed E-state index contributed by atoms with van der Waals surface area (Å²) in [6.45, 7) is 6.91. The molecular weight excluding hydrogens is 354 g/mol. The second-order valence-corrected chi connectivity index (χ2v) is 7.36. The topological polar surface area (TPSA) is 51.9 Å². The van der Waals surface area contributed by atoms with Crippen molar-refractivity contribution in [1.29, 1.82) is 0 Å². The molecular formula is C23H25NO4. The maximum Gasteiger partial charge on any atom is 0.200 e. The van der Waals surface area contributed by atoms with Gasteiger partial charge in [0.25, 0.3) is 0 Å². The van der Waals surface area contributed by atoms with Gasteiger partial charge in [0, 0.05) is 19.7 Å². The molecule has 5 nitrogen and oxygen atoms in total. The second-order valence-electron chi connectivity index (χ2n) is 7.36. The van der Waals surface area contributed by atoms with Gasteiger partial charge in [-0.05, 0) is 38.0 Å². The van der Waals surface area contributed by atoms with E-state index in [0.29, 0.717) is 29.8 Å². The molecule has 2 heterocycles. The summed E-state index contributed by atoms with van der Waals surface area (Å²) < 4.78 is 17.5. The lowest BCUT2D eigenvalue weighted by molar-refractivity contribution is 0.0525. The molecule has 2 aromatic carbocycles. The van der Waals surface area contributed by atoms with Crippen molar-refractivity contribution >= 4 is 11.0 Å². The molecule has 0 bridgehead atoms. The summed E-state index contributed by atoms with van der Waals surface area (Å²) in [5, 5.41) is 0.591. The van der Waals surface area contributed by atoms with E-state index < -0.39 is 0 Å². The van der Waals surface area contributed by atoms with Gasteiger partial charge < -0.3 is 13.9 Å². The number of benzene rings is 2. The van der Waals surface area contributed by atoms with Gasteiger partial charge in [-0.2, -0.15) is 0 Å². The van der Waals surface area contributed by atoms with Gasteiger partial charge >= 0.3 is 0 Å². The molecule has 0 saturated carbocycles. The molecule has 0 aliphatic carbocycles. The van der Waals surface area contributed by atoms with Crippen molar-refractivity contribution in [2.45, 2.75) is 32.9 Å². The van der Waals surface area contributed by atoms with Crippen LogP contribution in [0.3, 0.4) is 0 Å². The minimum absolute atomic E-state index is 0.0160. The molecule has 4 rings (SSSR count). The monoisotopic (exact) mass is 379 g/mol. The molecule has 1 aliphatic heterocycles. The van der Waals surface area contributed by atoms with Crippen molar-refractivity contribution in [1.82, 2.24) is 4.90 Å². The van der Waals surface area contributed by atoms with Gasteiger partial charge in [0.15, 0.2) is 0 Å². The smallest absolute Gasteiger partial charge is 0.200 e. The molecule has 0 radical (unpaired) electrons. The first kappa shape index (κ1) is 18.7. The zero-order valence-corrected chi connectivity index (χ0v) is 16.3. The van der Waals surface area contributed by atoms with E-state index in [0.717, 1.165) is 36.4 Å². The van der Waals surface area contributed by atoms with E-state index in [1.807, 2.05) is 50.2 Å². The Hall–Kier alpha value is -2.63. The molecule has 1 aromatic heterocycles. The van der Waals surface area contributed by atoms with Crippen LogP contribution in [0.1, 0.15) is 25.8 Å². The van der Waals surface area contributed by atoms with Crippen LogP contribution in [0.4, 0.5) is 0 Å². The van der Waals surface area contributed by atoms with Crippen LogP contribution in [0.5, 0.6) is 5.75 Å². The average Bonchev–Trinajstić information content (AvgIpc) is 2.72. The first-order valence-corrected chi connectivity index (χ1v) is 9.73. The fourth-order valence-corrected chi connectivity index (χ4v) is 3.52. The number of rotatable bonds is 6. The number of ether oxygens (including phenoxy) is 2. The van der Waals surface area contributed by atoms with Crippen LogP contribution in [-0.2, 0) is 11.3 Å². The third-order valence-electron chi connectivity index (χ3n) is 4.94. The van der Waals surface area contributed by atoms with Crippen LogP contribution < -0.4 is 10.2 Å². The SMILES string of the molecule is CC(C)OCCCN1COc2ccc3c(=O)c(-c4ccccc4)coc3c2C1. The Labute approximate surface area is 164 Å². The van der Waals surface area contributed by atoms with Crippen LogP contribution in [0.15, 0.2) is 57.9 Å². The third-order valence-corrected chi connectivity index (χ3v) is 4.94. The summed E-state index contributed by atoms with van der Waals surface area (Å²) in [7, 11) is 0. The standard InChI is InChI=1S/C23H25NO4/c1-16(2)26-12-6-11-24-13-19-21(28-15-24)10-9-18-22(25)20(14-27-23(18)19)17-7-4-3-5-8-17/h3-5,7-10,14,16H,6,11-13,15H2,1-2H3. The van der Waals surface area contributed by atoms with Crippen LogP contribution in [-0.4, -0.2) is 30.9 Å². The highest BCUT2D eigenvalue weighted by Crippen LogP contribution is 2.32. The summed E-state index contributed by atoms with van der Waals surface area (Å²) in [5.41, 5.74) is 2.97. The normalized spacial score (nSPS) is 14.2. The first-order valence-electron chi connectivity index (χ1n) is 9.73. The number of hydrogen-bond donors (Lipinski definition) is 0. The molecule has 5 heteroatoms. The van der Waals surface area contributed by atoms with E-state index >= 15 is 0 Å². The summed E-state index contributed by atoms with van der Waals surface area (Å²) in [6.07, 6.45) is 2.75. The molecule has 0 N–H and O–H groups in total. The molecule has 146 valence electrons. The summed E-state index contributed by atoms with van der Waals surface area (Å²) in [6, 6.07) is 13.3. The van der Waals surface area contributed by atoms with E-state index in [-0.39, 0.29) is 11.5 Å². The Balaban J connectivity index is 1.60. The average molecular weight is 379 g/mol. The van der Waals surface area contributed by atoms with Crippen molar-refractivity contribution in [2.75, 3.05) is 19.9 Å². The van der Waals surface area contributed by atoms with Crippen LogP contribution in [0, 0.1) is 0 Å². The van der Waals surface area contributed by atoms with Gasteiger partial charge in [0.05, 0.1) is 22.6 Å². The predicted octanol–water partition coefficient (Wildman–Crippen LogP) is 4.43. The zero-order valence-electron chi connectivity index (χ0n) is 16.3. The minimum Gasteiger partial charge on any atom is -0.478 e. The Kier molecular flexibility index (Phi) is 5.46. The lowest BCUT2D eigenvalue weighted by atomic mass is 10.0. The van der Waals surface area contributed by atoms with Gasteiger partial charge in [0.2, 0.25) is 5.43 Å². The van der Waals surface area contributed by atoms with Crippen molar-refractivity contribution in [3.63, 3.8) is 0 Å². The molecule has 0 atom stereocenters. The zero-order chi connectivity index (χ0) is 19.5. The van der Waals surface area contributed by atoms with Crippen molar-refractivity contribution in [3.8, 4) is 16.9 Å². The summed E-state index contributed by atoms with van der Waals surface area (Å²) in [4.78, 5) is 15.2. The highest BCUT2D eigenvalue weighted by Gasteiger charge is 2.22. The number of hydrogen-bond acceptors (Lipinski definition) is 5. The minimum atomic E-state index is -0.0160. The van der Waals surface area contributed by atoms with Gasteiger partial charge in [0.1, 0.15) is 24.3 Å². The van der Waals surface area contributed by atoms with Gasteiger partial charge in [-0.15, -0.1) is 0 Å². The highest BCUT2D eigenvalue weighted by molar-refractivity contribution is 5.85. The predicted molar refractivity (Wildman–Crippen MR) is 110 cm³/mol. The largest absolute Gasteiger partial charge is 0.478 e. The molecule has 0 unspecified atom stereocenters. The van der Waals surface area contributed by atoms with E-state index in [9.17, 15) is 4.79 Å². The maximum absolute atomic E-state index is 13.0. The second kappa shape index (κ2) is 8.17. The Bertz CT molecular complexity index is 1010. The molecule has 0 spiro atoms. The Morgan fingerprint density at radius 2 is 1.96 bits per heavy atom. The van der Waals surface area contributed by atoms with Crippen LogP contribution in [0.25, 0.3) is 22.1 Å². The quantitative estimate of drug-likeness (QED) is 0.593. The molecule has 0 fully saturated rings. The molecule has 0 saturated heterocycles. The first-order chi connectivity index (χ1) is 13.6. The van der Waals surface area contributed by atoms with E-state index in [1.165, 1.54) is 0 Å². The van der Waals surface area contributed by atoms with Gasteiger partial charge in [-0.1, -0.05) is 30.3 Å². The van der Waals surface area contributed by atoms with E-state index in [2.05, 4.69) is 4.90 Å².